The topological polar surface area (TPSA) is 41.5 Å². The molecule has 0 bridgehead atoms. The van der Waals surface area contributed by atoms with Gasteiger partial charge in [0.05, 0.1) is 6.42 Å². The Morgan fingerprint density at radius 2 is 1.86 bits per heavy atom. The monoisotopic (exact) mass is 286 g/mol. The Balaban J connectivity index is 1.95. The Morgan fingerprint density at radius 3 is 2.48 bits per heavy atom. The number of rotatable bonds is 5. The Labute approximate surface area is 127 Å². The standard InChI is InChI=1S/C18H26N2O/c1-14(2)17(19-15-9-5-3-6-10-15)13-18(21)20-16-11-7-4-8-12-16/h4,7-8,11-12,14-15H,3,5-6,9-10,13H2,1-2H3,(H,20,21). The lowest BCUT2D eigenvalue weighted by Gasteiger charge is -2.20. The van der Waals surface area contributed by atoms with E-state index in [4.69, 9.17) is 4.99 Å². The van der Waals surface area contributed by atoms with Crippen molar-refractivity contribution in [2.24, 2.45) is 10.9 Å². The van der Waals surface area contributed by atoms with Crippen LogP contribution >= 0.6 is 0 Å². The van der Waals surface area contributed by atoms with Gasteiger partial charge >= 0.3 is 0 Å². The highest BCUT2D eigenvalue weighted by Crippen LogP contribution is 2.21. The second kappa shape index (κ2) is 7.96. The summed E-state index contributed by atoms with van der Waals surface area (Å²) in [7, 11) is 0. The number of carbonyl (C=O) groups excluding carboxylic acids is 1. The van der Waals surface area contributed by atoms with Crippen LogP contribution in [0.3, 0.4) is 0 Å². The van der Waals surface area contributed by atoms with Gasteiger partial charge < -0.3 is 5.32 Å². The fourth-order valence-corrected chi connectivity index (χ4v) is 2.73. The van der Waals surface area contributed by atoms with E-state index in [-0.39, 0.29) is 5.91 Å². The Hall–Kier alpha value is -1.64. The number of para-hydroxylation sites is 1. The van der Waals surface area contributed by atoms with Crippen molar-refractivity contribution in [1.29, 1.82) is 0 Å². The quantitative estimate of drug-likeness (QED) is 0.798. The molecule has 2 rings (SSSR count). The van der Waals surface area contributed by atoms with Crippen molar-refractivity contribution in [3.8, 4) is 0 Å². The van der Waals surface area contributed by atoms with Gasteiger partial charge in [-0.1, -0.05) is 51.3 Å². The molecule has 1 saturated carbocycles. The molecule has 114 valence electrons. The van der Waals surface area contributed by atoms with Crippen molar-refractivity contribution in [2.75, 3.05) is 5.32 Å². The molecule has 1 aromatic carbocycles. The number of hydrogen-bond acceptors (Lipinski definition) is 2. The summed E-state index contributed by atoms with van der Waals surface area (Å²) in [5.41, 5.74) is 1.89. The lowest BCUT2D eigenvalue weighted by atomic mass is 9.95. The van der Waals surface area contributed by atoms with Crippen LogP contribution in [0.25, 0.3) is 0 Å². The van der Waals surface area contributed by atoms with E-state index >= 15 is 0 Å². The van der Waals surface area contributed by atoms with Gasteiger partial charge in [0, 0.05) is 17.4 Å². The molecule has 1 aliphatic rings. The van der Waals surface area contributed by atoms with Crippen LogP contribution in [0.2, 0.25) is 0 Å². The van der Waals surface area contributed by atoms with Crippen molar-refractivity contribution < 1.29 is 4.79 Å². The molecule has 0 spiro atoms. The number of aliphatic imine (C=N–C) groups is 1. The summed E-state index contributed by atoms with van der Waals surface area (Å²) in [6.07, 6.45) is 6.64. The van der Waals surface area contributed by atoms with Crippen molar-refractivity contribution in [3.63, 3.8) is 0 Å². The minimum atomic E-state index is 0.0319. The lowest BCUT2D eigenvalue weighted by Crippen LogP contribution is -2.22. The summed E-state index contributed by atoms with van der Waals surface area (Å²) in [6.45, 7) is 4.24. The number of carbonyl (C=O) groups is 1. The average molecular weight is 286 g/mol. The Kier molecular flexibility index (Phi) is 5.97. The van der Waals surface area contributed by atoms with E-state index in [1.807, 2.05) is 30.3 Å². The van der Waals surface area contributed by atoms with E-state index in [1.54, 1.807) is 0 Å². The summed E-state index contributed by atoms with van der Waals surface area (Å²) < 4.78 is 0. The maximum absolute atomic E-state index is 12.2. The highest BCUT2D eigenvalue weighted by molar-refractivity contribution is 6.07. The third-order valence-electron chi connectivity index (χ3n) is 3.99. The van der Waals surface area contributed by atoms with Crippen LogP contribution in [0.4, 0.5) is 5.69 Å². The molecule has 1 aromatic rings. The molecule has 3 nitrogen and oxygen atoms in total. The maximum atomic E-state index is 12.2. The largest absolute Gasteiger partial charge is 0.326 e. The van der Waals surface area contributed by atoms with Crippen LogP contribution in [0.5, 0.6) is 0 Å². The minimum absolute atomic E-state index is 0.0319. The summed E-state index contributed by atoms with van der Waals surface area (Å²) in [5, 5.41) is 2.94. The van der Waals surface area contributed by atoms with E-state index in [0.717, 1.165) is 11.4 Å². The third kappa shape index (κ3) is 5.33. The number of anilines is 1. The molecular weight excluding hydrogens is 260 g/mol. The first-order valence-electron chi connectivity index (χ1n) is 8.06. The van der Waals surface area contributed by atoms with E-state index in [0.29, 0.717) is 18.4 Å². The molecule has 1 aliphatic carbocycles. The fourth-order valence-electron chi connectivity index (χ4n) is 2.73. The highest BCUT2D eigenvalue weighted by Gasteiger charge is 2.16. The smallest absolute Gasteiger partial charge is 0.230 e. The van der Waals surface area contributed by atoms with Gasteiger partial charge in [-0.2, -0.15) is 0 Å². The molecule has 3 heteroatoms. The number of nitrogens with one attached hydrogen (secondary N) is 1. The summed E-state index contributed by atoms with van der Waals surface area (Å²) in [4.78, 5) is 17.0. The summed E-state index contributed by atoms with van der Waals surface area (Å²) >= 11 is 0. The van der Waals surface area contributed by atoms with Crippen LogP contribution < -0.4 is 5.32 Å². The van der Waals surface area contributed by atoms with Crippen LogP contribution in [0.15, 0.2) is 35.3 Å². The molecule has 1 N–H and O–H groups in total. The van der Waals surface area contributed by atoms with Crippen molar-refractivity contribution >= 4 is 17.3 Å². The van der Waals surface area contributed by atoms with Crippen molar-refractivity contribution in [2.45, 2.75) is 58.4 Å². The molecule has 21 heavy (non-hydrogen) atoms. The van der Waals surface area contributed by atoms with E-state index in [9.17, 15) is 4.79 Å². The van der Waals surface area contributed by atoms with Crippen LogP contribution in [-0.2, 0) is 4.79 Å². The van der Waals surface area contributed by atoms with Gasteiger partial charge in [0.1, 0.15) is 0 Å². The van der Waals surface area contributed by atoms with Crippen LogP contribution in [0.1, 0.15) is 52.4 Å². The molecule has 0 saturated heterocycles. The number of hydrogen-bond donors (Lipinski definition) is 1. The molecule has 1 fully saturated rings. The zero-order valence-corrected chi connectivity index (χ0v) is 13.1. The van der Waals surface area contributed by atoms with Gasteiger partial charge in [0.2, 0.25) is 5.91 Å². The van der Waals surface area contributed by atoms with E-state index in [1.165, 1.54) is 32.1 Å². The number of benzene rings is 1. The summed E-state index contributed by atoms with van der Waals surface area (Å²) in [5.74, 6) is 0.359. The molecular formula is C18H26N2O. The van der Waals surface area contributed by atoms with E-state index in [2.05, 4.69) is 19.2 Å². The summed E-state index contributed by atoms with van der Waals surface area (Å²) in [6, 6.07) is 10.0. The molecule has 0 aliphatic heterocycles. The highest BCUT2D eigenvalue weighted by atomic mass is 16.1. The number of amides is 1. The maximum Gasteiger partial charge on any atom is 0.230 e. The van der Waals surface area contributed by atoms with Crippen molar-refractivity contribution in [1.82, 2.24) is 0 Å². The van der Waals surface area contributed by atoms with Gasteiger partial charge in [-0.15, -0.1) is 0 Å². The fraction of sp³-hybridized carbons (Fsp3) is 0.556. The normalized spacial score (nSPS) is 17.0. The average Bonchev–Trinajstić information content (AvgIpc) is 2.48. The third-order valence-corrected chi connectivity index (χ3v) is 3.99. The molecule has 1 amide bonds. The zero-order chi connectivity index (χ0) is 15.1. The predicted octanol–water partition coefficient (Wildman–Crippen LogP) is 4.44. The first-order valence-corrected chi connectivity index (χ1v) is 8.06. The second-order valence-electron chi connectivity index (χ2n) is 6.16. The Bertz CT molecular complexity index is 473. The molecule has 0 heterocycles. The first kappa shape index (κ1) is 15.7. The predicted molar refractivity (Wildman–Crippen MR) is 88.8 cm³/mol. The van der Waals surface area contributed by atoms with Gasteiger partial charge in [-0.25, -0.2) is 0 Å². The molecule has 0 aromatic heterocycles. The SMILES string of the molecule is CC(C)C(CC(=O)Nc1ccccc1)=NC1CCCCC1. The second-order valence-corrected chi connectivity index (χ2v) is 6.16. The van der Waals surface area contributed by atoms with Gasteiger partial charge in [0.15, 0.2) is 0 Å². The Morgan fingerprint density at radius 1 is 1.19 bits per heavy atom. The zero-order valence-electron chi connectivity index (χ0n) is 13.1. The number of nitrogens with zero attached hydrogens (tertiary/aromatic N) is 1. The lowest BCUT2D eigenvalue weighted by molar-refractivity contribution is -0.115. The minimum Gasteiger partial charge on any atom is -0.326 e. The van der Waals surface area contributed by atoms with Gasteiger partial charge in [-0.05, 0) is 30.9 Å². The molecule has 0 radical (unpaired) electrons. The molecule has 0 unspecified atom stereocenters. The van der Waals surface area contributed by atoms with Gasteiger partial charge in [0.25, 0.3) is 0 Å². The van der Waals surface area contributed by atoms with Crippen molar-refractivity contribution in [3.05, 3.63) is 30.3 Å². The van der Waals surface area contributed by atoms with Crippen LogP contribution in [0, 0.1) is 5.92 Å². The van der Waals surface area contributed by atoms with Crippen LogP contribution in [-0.4, -0.2) is 17.7 Å². The molecule has 0 atom stereocenters. The first-order chi connectivity index (χ1) is 10.1. The van der Waals surface area contributed by atoms with E-state index < -0.39 is 0 Å². The van der Waals surface area contributed by atoms with Gasteiger partial charge in [-0.3, -0.25) is 9.79 Å².